The molecule has 0 aliphatic rings. The Labute approximate surface area is 96.4 Å². The topological polar surface area (TPSA) is 67.5 Å². The Morgan fingerprint density at radius 1 is 1.44 bits per heavy atom. The first-order valence-corrected chi connectivity index (χ1v) is 5.40. The van der Waals surface area contributed by atoms with Gasteiger partial charge in [0.25, 0.3) is 0 Å². The number of nitrogen functional groups attached to an aromatic ring is 1. The number of nitrogens with two attached hydrogens (primary N) is 1. The molecule has 0 bridgehead atoms. The minimum atomic E-state index is -0.417. The van der Waals surface area contributed by atoms with Crippen molar-refractivity contribution in [2.24, 2.45) is 0 Å². The average Bonchev–Trinajstić information content (AvgIpc) is 2.16. The van der Waals surface area contributed by atoms with E-state index in [9.17, 15) is 5.11 Å². The van der Waals surface area contributed by atoms with E-state index >= 15 is 0 Å². The number of rotatable bonds is 6. The summed E-state index contributed by atoms with van der Waals surface area (Å²) >= 11 is 0. The van der Waals surface area contributed by atoms with Crippen LogP contribution >= 0.6 is 0 Å². The van der Waals surface area contributed by atoms with E-state index < -0.39 is 6.10 Å². The molecule has 1 unspecified atom stereocenters. The van der Waals surface area contributed by atoms with Gasteiger partial charge in [-0.15, -0.1) is 0 Å². The van der Waals surface area contributed by atoms with Crippen molar-refractivity contribution in [1.82, 2.24) is 0 Å². The molecule has 4 heteroatoms. The predicted octanol–water partition coefficient (Wildman–Crippen LogP) is 1.39. The van der Waals surface area contributed by atoms with Crippen molar-refractivity contribution in [2.45, 2.75) is 19.4 Å². The molecule has 1 rings (SSSR count). The number of anilines is 2. The Kier molecular flexibility index (Phi) is 5.08. The fourth-order valence-electron chi connectivity index (χ4n) is 1.57. The molecule has 90 valence electrons. The first-order chi connectivity index (χ1) is 7.61. The monoisotopic (exact) mass is 224 g/mol. The van der Waals surface area contributed by atoms with Crippen LogP contribution in [0.3, 0.4) is 0 Å². The van der Waals surface area contributed by atoms with Gasteiger partial charge >= 0.3 is 0 Å². The summed E-state index contributed by atoms with van der Waals surface area (Å²) in [5, 5.41) is 12.7. The minimum absolute atomic E-state index is 0.373. The van der Waals surface area contributed by atoms with E-state index in [1.807, 2.05) is 25.1 Å². The molecular weight excluding hydrogens is 204 g/mol. The van der Waals surface area contributed by atoms with Gasteiger partial charge in [-0.2, -0.15) is 0 Å². The maximum Gasteiger partial charge on any atom is 0.0790 e. The van der Waals surface area contributed by atoms with E-state index in [2.05, 4.69) is 5.32 Å². The van der Waals surface area contributed by atoms with Crippen molar-refractivity contribution in [1.29, 1.82) is 0 Å². The van der Waals surface area contributed by atoms with Crippen molar-refractivity contribution in [3.8, 4) is 0 Å². The van der Waals surface area contributed by atoms with Gasteiger partial charge in [-0.05, 0) is 37.1 Å². The summed E-state index contributed by atoms with van der Waals surface area (Å²) in [6, 6.07) is 5.83. The number of aliphatic hydroxyl groups is 1. The number of methoxy groups -OCH3 is 1. The van der Waals surface area contributed by atoms with Crippen LogP contribution in [0, 0.1) is 6.92 Å². The van der Waals surface area contributed by atoms with E-state index in [-0.39, 0.29) is 0 Å². The lowest BCUT2D eigenvalue weighted by atomic mass is 10.2. The zero-order chi connectivity index (χ0) is 12.0. The highest BCUT2D eigenvalue weighted by molar-refractivity contribution is 5.56. The summed E-state index contributed by atoms with van der Waals surface area (Å²) < 4.78 is 4.85. The van der Waals surface area contributed by atoms with Crippen LogP contribution in [-0.4, -0.2) is 31.5 Å². The molecule has 16 heavy (non-hydrogen) atoms. The smallest absolute Gasteiger partial charge is 0.0790 e. The second-order valence-electron chi connectivity index (χ2n) is 3.96. The van der Waals surface area contributed by atoms with Gasteiger partial charge in [-0.25, -0.2) is 0 Å². The number of ether oxygens (including phenoxy) is 1. The van der Waals surface area contributed by atoms with E-state index in [1.165, 1.54) is 0 Å². The van der Waals surface area contributed by atoms with Gasteiger partial charge in [0.1, 0.15) is 0 Å². The number of nitrogens with one attached hydrogen (secondary N) is 1. The lowest BCUT2D eigenvalue weighted by molar-refractivity contribution is 0.0615. The van der Waals surface area contributed by atoms with E-state index in [0.717, 1.165) is 16.9 Å². The summed E-state index contributed by atoms with van der Waals surface area (Å²) in [6.45, 7) is 3.08. The van der Waals surface area contributed by atoms with E-state index in [1.54, 1.807) is 7.11 Å². The lowest BCUT2D eigenvalue weighted by Gasteiger charge is -2.11. The average molecular weight is 224 g/mol. The fourth-order valence-corrected chi connectivity index (χ4v) is 1.57. The molecular formula is C12H20N2O2. The number of aliphatic hydroxyl groups excluding tert-OH is 1. The summed E-state index contributed by atoms with van der Waals surface area (Å²) in [7, 11) is 1.58. The summed E-state index contributed by atoms with van der Waals surface area (Å²) in [4.78, 5) is 0. The number of hydrogen-bond acceptors (Lipinski definition) is 4. The first kappa shape index (κ1) is 12.8. The molecule has 0 aromatic heterocycles. The zero-order valence-corrected chi connectivity index (χ0v) is 9.86. The second kappa shape index (κ2) is 6.35. The Bertz CT molecular complexity index is 309. The van der Waals surface area contributed by atoms with Gasteiger partial charge in [0, 0.05) is 25.0 Å². The van der Waals surface area contributed by atoms with Crippen LogP contribution in [0.1, 0.15) is 12.0 Å². The Morgan fingerprint density at radius 3 is 2.81 bits per heavy atom. The molecule has 1 atom stereocenters. The molecule has 4 N–H and O–H groups in total. The number of hydrogen-bond donors (Lipinski definition) is 3. The summed E-state index contributed by atoms with van der Waals surface area (Å²) in [6.07, 6.45) is 0.237. The third-order valence-electron chi connectivity index (χ3n) is 2.27. The quantitative estimate of drug-likeness (QED) is 0.639. The van der Waals surface area contributed by atoms with E-state index in [0.29, 0.717) is 19.6 Å². The van der Waals surface area contributed by atoms with Crippen molar-refractivity contribution in [3.63, 3.8) is 0 Å². The largest absolute Gasteiger partial charge is 0.399 e. The fraction of sp³-hybridized carbons (Fsp3) is 0.500. The van der Waals surface area contributed by atoms with Crippen molar-refractivity contribution < 1.29 is 9.84 Å². The molecule has 0 saturated carbocycles. The molecule has 0 fully saturated rings. The highest BCUT2D eigenvalue weighted by atomic mass is 16.5. The van der Waals surface area contributed by atoms with Crippen molar-refractivity contribution in [2.75, 3.05) is 31.3 Å². The third kappa shape index (κ3) is 4.51. The third-order valence-corrected chi connectivity index (χ3v) is 2.27. The van der Waals surface area contributed by atoms with Crippen molar-refractivity contribution >= 4 is 11.4 Å². The Morgan fingerprint density at radius 2 is 2.19 bits per heavy atom. The molecule has 0 saturated heterocycles. The summed E-state index contributed by atoms with van der Waals surface area (Å²) in [5.74, 6) is 0. The van der Waals surface area contributed by atoms with Gasteiger partial charge in [0.15, 0.2) is 0 Å². The maximum atomic E-state index is 9.45. The van der Waals surface area contributed by atoms with Crippen LogP contribution in [0.4, 0.5) is 11.4 Å². The molecule has 0 heterocycles. The van der Waals surface area contributed by atoms with Crippen molar-refractivity contribution in [3.05, 3.63) is 23.8 Å². The van der Waals surface area contributed by atoms with Gasteiger partial charge in [0.05, 0.1) is 12.7 Å². The van der Waals surface area contributed by atoms with E-state index in [4.69, 9.17) is 10.5 Å². The first-order valence-electron chi connectivity index (χ1n) is 5.40. The second-order valence-corrected chi connectivity index (χ2v) is 3.96. The van der Waals surface area contributed by atoms with Crippen LogP contribution in [0.5, 0.6) is 0 Å². The lowest BCUT2D eigenvalue weighted by Crippen LogP contribution is -2.18. The Hall–Kier alpha value is -1.26. The Balaban J connectivity index is 2.37. The normalized spacial score (nSPS) is 12.4. The number of benzene rings is 1. The van der Waals surface area contributed by atoms with Crippen LogP contribution in [0.15, 0.2) is 18.2 Å². The molecule has 1 aromatic rings. The number of aryl methyl sites for hydroxylation is 1. The molecule has 0 aliphatic heterocycles. The minimum Gasteiger partial charge on any atom is -0.399 e. The van der Waals surface area contributed by atoms with Gasteiger partial charge < -0.3 is 20.9 Å². The van der Waals surface area contributed by atoms with Crippen LogP contribution in [0.25, 0.3) is 0 Å². The van der Waals surface area contributed by atoms with Crippen LogP contribution in [0.2, 0.25) is 0 Å². The van der Waals surface area contributed by atoms with Crippen LogP contribution in [-0.2, 0) is 4.74 Å². The highest BCUT2D eigenvalue weighted by Gasteiger charge is 2.02. The SMILES string of the molecule is COCC(O)CCNc1cc(C)cc(N)c1. The van der Waals surface area contributed by atoms with Gasteiger partial charge in [-0.3, -0.25) is 0 Å². The van der Waals surface area contributed by atoms with Gasteiger partial charge in [0.2, 0.25) is 0 Å². The molecule has 4 nitrogen and oxygen atoms in total. The molecule has 0 aliphatic carbocycles. The molecule has 1 aromatic carbocycles. The standard InChI is InChI=1S/C12H20N2O2/c1-9-5-10(13)7-11(6-9)14-4-3-12(15)8-16-2/h5-7,12,14-15H,3-4,8,13H2,1-2H3. The molecule has 0 spiro atoms. The summed E-state index contributed by atoms with van der Waals surface area (Å²) in [5.41, 5.74) is 8.59. The maximum absolute atomic E-state index is 9.45. The van der Waals surface area contributed by atoms with Crippen LogP contribution < -0.4 is 11.1 Å². The highest BCUT2D eigenvalue weighted by Crippen LogP contribution is 2.15. The molecule has 0 radical (unpaired) electrons. The predicted molar refractivity (Wildman–Crippen MR) is 66.6 cm³/mol. The molecule has 0 amide bonds. The van der Waals surface area contributed by atoms with Gasteiger partial charge in [-0.1, -0.05) is 0 Å². The zero-order valence-electron chi connectivity index (χ0n) is 9.86.